The quantitative estimate of drug-likeness (QED) is 0.888. The van der Waals surface area contributed by atoms with Crippen LogP contribution in [0.1, 0.15) is 32.2 Å². The van der Waals surface area contributed by atoms with Crippen LogP contribution < -0.4 is 5.32 Å². The van der Waals surface area contributed by atoms with Crippen LogP contribution in [-0.4, -0.2) is 16.5 Å². The van der Waals surface area contributed by atoms with E-state index in [1.807, 2.05) is 13.8 Å². The molecule has 0 aliphatic carbocycles. The molecule has 6 heteroatoms. The van der Waals surface area contributed by atoms with Gasteiger partial charge in [0.15, 0.2) is 0 Å². The topological polar surface area (TPSA) is 37.8 Å². The van der Waals surface area contributed by atoms with Crippen LogP contribution in [0.4, 0.5) is 19.1 Å². The molecule has 1 rings (SSSR count). The van der Waals surface area contributed by atoms with Gasteiger partial charge in [-0.2, -0.15) is 13.2 Å². The van der Waals surface area contributed by atoms with Crippen LogP contribution >= 0.6 is 0 Å². The molecule has 3 nitrogen and oxygen atoms in total. The van der Waals surface area contributed by atoms with Crippen molar-refractivity contribution in [2.45, 2.75) is 33.4 Å². The molecule has 0 radical (unpaired) electrons. The van der Waals surface area contributed by atoms with Crippen LogP contribution in [0.3, 0.4) is 0 Å². The number of hydrogen-bond acceptors (Lipinski definition) is 3. The molecule has 0 fully saturated rings. The number of nitrogens with one attached hydrogen (secondary N) is 1. The molecule has 0 aliphatic heterocycles. The second kappa shape index (κ2) is 5.33. The Morgan fingerprint density at radius 1 is 1.29 bits per heavy atom. The third-order valence-electron chi connectivity index (χ3n) is 2.02. The van der Waals surface area contributed by atoms with E-state index in [1.54, 1.807) is 6.92 Å². The highest BCUT2D eigenvalue weighted by Crippen LogP contribution is 2.28. The monoisotopic (exact) mass is 247 g/mol. The molecule has 1 aromatic rings. The lowest BCUT2D eigenvalue weighted by atomic mass is 10.1. The van der Waals surface area contributed by atoms with Gasteiger partial charge in [0.1, 0.15) is 5.69 Å². The molecule has 1 aromatic heterocycles. The maximum absolute atomic E-state index is 12.6. The molecular weight excluding hydrogens is 231 g/mol. The summed E-state index contributed by atoms with van der Waals surface area (Å²) in [7, 11) is 0. The zero-order valence-corrected chi connectivity index (χ0v) is 10.1. The summed E-state index contributed by atoms with van der Waals surface area (Å²) in [6, 6.07) is 1.01. The van der Waals surface area contributed by atoms with Gasteiger partial charge in [0, 0.05) is 12.2 Å². The van der Waals surface area contributed by atoms with Crippen molar-refractivity contribution in [1.82, 2.24) is 9.97 Å². The molecule has 96 valence electrons. The maximum Gasteiger partial charge on any atom is 0.433 e. The average Bonchev–Trinajstić information content (AvgIpc) is 2.15. The van der Waals surface area contributed by atoms with Crippen LogP contribution in [0, 0.1) is 5.92 Å². The largest absolute Gasteiger partial charge is 0.433 e. The summed E-state index contributed by atoms with van der Waals surface area (Å²) < 4.78 is 37.8. The van der Waals surface area contributed by atoms with E-state index in [1.165, 1.54) is 0 Å². The molecule has 1 heterocycles. The van der Waals surface area contributed by atoms with E-state index in [-0.39, 0.29) is 11.9 Å². The summed E-state index contributed by atoms with van der Waals surface area (Å²) in [5.74, 6) is 0.290. The second-order valence-electron chi connectivity index (χ2n) is 4.19. The fourth-order valence-corrected chi connectivity index (χ4v) is 1.40. The van der Waals surface area contributed by atoms with Crippen molar-refractivity contribution >= 4 is 5.95 Å². The lowest BCUT2D eigenvalue weighted by molar-refractivity contribution is -0.141. The van der Waals surface area contributed by atoms with Gasteiger partial charge in [0.05, 0.1) is 0 Å². The van der Waals surface area contributed by atoms with E-state index in [4.69, 9.17) is 0 Å². The first-order valence-electron chi connectivity index (χ1n) is 5.52. The van der Waals surface area contributed by atoms with Gasteiger partial charge in [0.25, 0.3) is 0 Å². The number of aromatic nitrogens is 2. The summed E-state index contributed by atoms with van der Waals surface area (Å²) in [4.78, 5) is 7.51. The molecule has 0 unspecified atom stereocenters. The van der Waals surface area contributed by atoms with E-state index in [2.05, 4.69) is 15.3 Å². The minimum absolute atomic E-state index is 0.0398. The summed E-state index contributed by atoms with van der Waals surface area (Å²) in [6.45, 7) is 6.14. The Balaban J connectivity index is 3.09. The first kappa shape index (κ1) is 13.7. The zero-order valence-electron chi connectivity index (χ0n) is 10.1. The van der Waals surface area contributed by atoms with Gasteiger partial charge in [-0.25, -0.2) is 9.97 Å². The van der Waals surface area contributed by atoms with Crippen molar-refractivity contribution in [2.24, 2.45) is 5.92 Å². The van der Waals surface area contributed by atoms with Crippen LogP contribution in [0.2, 0.25) is 0 Å². The van der Waals surface area contributed by atoms with E-state index in [0.717, 1.165) is 6.07 Å². The third kappa shape index (κ3) is 4.20. The summed E-state index contributed by atoms with van der Waals surface area (Å²) >= 11 is 0. The van der Waals surface area contributed by atoms with Gasteiger partial charge in [-0.15, -0.1) is 0 Å². The second-order valence-corrected chi connectivity index (χ2v) is 4.19. The Morgan fingerprint density at radius 2 is 1.94 bits per heavy atom. The van der Waals surface area contributed by atoms with E-state index >= 15 is 0 Å². The van der Waals surface area contributed by atoms with Gasteiger partial charge in [-0.3, -0.25) is 0 Å². The molecule has 0 amide bonds. The Morgan fingerprint density at radius 3 is 2.41 bits per heavy atom. The Bertz CT molecular complexity index is 375. The van der Waals surface area contributed by atoms with Crippen molar-refractivity contribution < 1.29 is 13.2 Å². The van der Waals surface area contributed by atoms with Crippen LogP contribution in [0.15, 0.2) is 6.07 Å². The molecule has 1 N–H and O–H groups in total. The van der Waals surface area contributed by atoms with Crippen LogP contribution in [0.25, 0.3) is 0 Å². The Labute approximate surface area is 98.5 Å². The highest BCUT2D eigenvalue weighted by Gasteiger charge is 2.33. The predicted octanol–water partition coefficient (Wildman–Crippen LogP) is 3.13. The van der Waals surface area contributed by atoms with Crippen molar-refractivity contribution in [1.29, 1.82) is 0 Å². The minimum Gasteiger partial charge on any atom is -0.354 e. The summed E-state index contributed by atoms with van der Waals surface area (Å²) in [5.41, 5.74) is -0.475. The van der Waals surface area contributed by atoms with E-state index in [9.17, 15) is 13.2 Å². The molecule has 17 heavy (non-hydrogen) atoms. The number of alkyl halides is 3. The van der Waals surface area contributed by atoms with Gasteiger partial charge in [-0.1, -0.05) is 13.8 Å². The fraction of sp³-hybridized carbons (Fsp3) is 0.636. The van der Waals surface area contributed by atoms with Gasteiger partial charge in [0.2, 0.25) is 5.95 Å². The molecule has 0 atom stereocenters. The molecule has 0 saturated heterocycles. The molecule has 0 aromatic carbocycles. The number of rotatable bonds is 4. The third-order valence-corrected chi connectivity index (χ3v) is 2.02. The maximum atomic E-state index is 12.6. The van der Waals surface area contributed by atoms with Crippen molar-refractivity contribution in [3.05, 3.63) is 17.5 Å². The SMILES string of the molecule is CCNc1nc(CC(C)C)cc(C(F)(F)F)n1. The van der Waals surface area contributed by atoms with Gasteiger partial charge < -0.3 is 5.32 Å². The predicted molar refractivity (Wildman–Crippen MR) is 59.7 cm³/mol. The Hall–Kier alpha value is -1.33. The highest BCUT2D eigenvalue weighted by atomic mass is 19.4. The van der Waals surface area contributed by atoms with E-state index < -0.39 is 11.9 Å². The summed E-state index contributed by atoms with van der Waals surface area (Å²) in [5, 5.41) is 2.71. The zero-order chi connectivity index (χ0) is 13.1. The van der Waals surface area contributed by atoms with Gasteiger partial charge >= 0.3 is 6.18 Å². The number of anilines is 1. The van der Waals surface area contributed by atoms with Gasteiger partial charge in [-0.05, 0) is 25.3 Å². The number of halogens is 3. The number of nitrogens with zero attached hydrogens (tertiary/aromatic N) is 2. The fourth-order valence-electron chi connectivity index (χ4n) is 1.40. The van der Waals surface area contributed by atoms with E-state index in [0.29, 0.717) is 18.7 Å². The molecule has 0 aliphatic rings. The highest BCUT2D eigenvalue weighted by molar-refractivity contribution is 5.29. The average molecular weight is 247 g/mol. The normalized spacial score (nSPS) is 11.9. The lowest BCUT2D eigenvalue weighted by Crippen LogP contribution is -2.14. The van der Waals surface area contributed by atoms with Crippen LogP contribution in [0.5, 0.6) is 0 Å². The molecular formula is C11H16F3N3. The standard InChI is InChI=1S/C11H16F3N3/c1-4-15-10-16-8(5-7(2)3)6-9(17-10)11(12,13)14/h6-7H,4-5H2,1-3H3,(H,15,16,17). The Kier molecular flexibility index (Phi) is 4.31. The minimum atomic E-state index is -4.43. The van der Waals surface area contributed by atoms with Crippen molar-refractivity contribution in [2.75, 3.05) is 11.9 Å². The van der Waals surface area contributed by atoms with Crippen LogP contribution in [-0.2, 0) is 12.6 Å². The molecule has 0 bridgehead atoms. The first-order chi connectivity index (χ1) is 7.82. The van der Waals surface area contributed by atoms with Crippen molar-refractivity contribution in [3.63, 3.8) is 0 Å². The lowest BCUT2D eigenvalue weighted by Gasteiger charge is -2.11. The first-order valence-corrected chi connectivity index (χ1v) is 5.52. The smallest absolute Gasteiger partial charge is 0.354 e. The molecule has 0 saturated carbocycles. The molecule has 0 spiro atoms. The number of hydrogen-bond donors (Lipinski definition) is 1. The summed E-state index contributed by atoms with van der Waals surface area (Å²) in [6.07, 6.45) is -3.93. The van der Waals surface area contributed by atoms with Crippen molar-refractivity contribution in [3.8, 4) is 0 Å².